The van der Waals surface area contributed by atoms with E-state index in [2.05, 4.69) is 16.4 Å². The molecule has 0 amide bonds. The summed E-state index contributed by atoms with van der Waals surface area (Å²) < 4.78 is 1.40. The summed E-state index contributed by atoms with van der Waals surface area (Å²) in [4.78, 5) is 20.2. The highest BCUT2D eigenvalue weighted by Gasteiger charge is 2.26. The predicted octanol–water partition coefficient (Wildman–Crippen LogP) is 0.642. The van der Waals surface area contributed by atoms with Gasteiger partial charge in [-0.15, -0.1) is 11.3 Å². The second-order valence-corrected chi connectivity index (χ2v) is 6.57. The van der Waals surface area contributed by atoms with Crippen molar-refractivity contribution < 1.29 is 10.4 Å². The van der Waals surface area contributed by atoms with Gasteiger partial charge in [-0.1, -0.05) is 0 Å². The van der Waals surface area contributed by atoms with Crippen LogP contribution in [0.25, 0.3) is 0 Å². The first-order valence-corrected chi connectivity index (χ1v) is 8.55. The number of nitrogens with one attached hydrogen (secondary N) is 1. The first kappa shape index (κ1) is 16.1. The van der Waals surface area contributed by atoms with Crippen molar-refractivity contribution in [1.82, 2.24) is 9.55 Å². The van der Waals surface area contributed by atoms with Gasteiger partial charge >= 0.3 is 5.56 Å². The number of fused-ring (bicyclic) bond motifs is 1. The van der Waals surface area contributed by atoms with Gasteiger partial charge in [0.2, 0.25) is 5.82 Å². The average Bonchev–Trinajstić information content (AvgIpc) is 2.85. The van der Waals surface area contributed by atoms with E-state index in [-0.39, 0.29) is 5.69 Å². The lowest BCUT2D eigenvalue weighted by Crippen LogP contribution is -3.00. The number of quaternary nitrogens is 1. The zero-order valence-electron chi connectivity index (χ0n) is 13.2. The fraction of sp³-hybridized carbons (Fsp3) is 0.467. The Bertz CT molecular complexity index is 746. The lowest BCUT2D eigenvalue weighted by Gasteiger charge is -2.25. The van der Waals surface area contributed by atoms with Crippen molar-refractivity contribution in [3.63, 3.8) is 0 Å². The third-order valence-electron chi connectivity index (χ3n) is 4.27. The Hall–Kier alpha value is -1.74. The van der Waals surface area contributed by atoms with Gasteiger partial charge in [0.05, 0.1) is 0 Å². The molecule has 1 aliphatic heterocycles. The van der Waals surface area contributed by atoms with E-state index < -0.39 is 10.8 Å². The van der Waals surface area contributed by atoms with Crippen molar-refractivity contribution in [2.75, 3.05) is 18.0 Å². The van der Waals surface area contributed by atoms with Crippen LogP contribution in [0.1, 0.15) is 23.2 Å². The summed E-state index contributed by atoms with van der Waals surface area (Å²) in [7, 11) is 0. The van der Waals surface area contributed by atoms with Gasteiger partial charge in [-0.05, 0) is 43.7 Å². The number of nitrogens with zero attached hydrogens (tertiary/aromatic N) is 3. The van der Waals surface area contributed by atoms with Crippen molar-refractivity contribution in [1.29, 1.82) is 0 Å². The second-order valence-electron chi connectivity index (χ2n) is 5.57. The van der Waals surface area contributed by atoms with Crippen LogP contribution in [0.4, 0.5) is 11.5 Å². The molecule has 3 rings (SSSR count). The van der Waals surface area contributed by atoms with Crippen LogP contribution in [0, 0.1) is 12.1 Å². The SMILES string of the molecule is CCn1c(C)nc(N2CCc3ccsc3CC2)c([NH+]([O-])O)c1=O. The summed E-state index contributed by atoms with van der Waals surface area (Å²) in [5, 5.41) is 22.0. The standard InChI is InChI=1S/C15H20N4O3S/c1-3-18-10(2)16-14(13(15(18)20)19(21)22)17-7-4-11-6-9-23-12(11)5-8-17/h6,9,19,21H,3-5,7-8H2,1-2H3. The molecular weight excluding hydrogens is 316 g/mol. The van der Waals surface area contributed by atoms with E-state index in [0.29, 0.717) is 31.3 Å². The van der Waals surface area contributed by atoms with Crippen LogP contribution in [-0.4, -0.2) is 27.8 Å². The van der Waals surface area contributed by atoms with Crippen molar-refractivity contribution in [2.24, 2.45) is 0 Å². The van der Waals surface area contributed by atoms with E-state index in [1.165, 1.54) is 15.0 Å². The molecule has 124 valence electrons. The van der Waals surface area contributed by atoms with Crippen LogP contribution in [-0.2, 0) is 19.4 Å². The predicted molar refractivity (Wildman–Crippen MR) is 88.6 cm³/mol. The number of rotatable bonds is 3. The number of aromatic nitrogens is 2. The molecule has 1 unspecified atom stereocenters. The monoisotopic (exact) mass is 336 g/mol. The molecule has 2 aromatic rings. The average molecular weight is 336 g/mol. The molecule has 2 aromatic heterocycles. The smallest absolute Gasteiger partial charge is 0.320 e. The summed E-state index contributed by atoms with van der Waals surface area (Å²) in [6.45, 7) is 5.32. The highest BCUT2D eigenvalue weighted by molar-refractivity contribution is 7.10. The molecule has 7 nitrogen and oxygen atoms in total. The Morgan fingerprint density at radius 1 is 1.43 bits per heavy atom. The van der Waals surface area contributed by atoms with E-state index in [0.717, 1.165) is 12.8 Å². The van der Waals surface area contributed by atoms with Gasteiger partial charge in [0.15, 0.2) is 0 Å². The largest absolute Gasteiger partial charge is 0.595 e. The van der Waals surface area contributed by atoms with E-state index >= 15 is 0 Å². The van der Waals surface area contributed by atoms with Crippen LogP contribution < -0.4 is 15.7 Å². The number of hydrogen-bond acceptors (Lipinski definition) is 6. The molecule has 0 radical (unpaired) electrons. The molecule has 3 heterocycles. The summed E-state index contributed by atoms with van der Waals surface area (Å²) in [5.41, 5.74) is 0.622. The van der Waals surface area contributed by atoms with Gasteiger partial charge in [0.25, 0.3) is 5.69 Å². The molecule has 0 saturated carbocycles. The van der Waals surface area contributed by atoms with Gasteiger partial charge in [0.1, 0.15) is 5.82 Å². The third-order valence-corrected chi connectivity index (χ3v) is 5.29. The van der Waals surface area contributed by atoms with Crippen LogP contribution in [0.3, 0.4) is 0 Å². The second kappa shape index (κ2) is 6.40. The van der Waals surface area contributed by atoms with Crippen LogP contribution in [0.5, 0.6) is 0 Å². The Balaban J connectivity index is 2.02. The Morgan fingerprint density at radius 2 is 2.17 bits per heavy atom. The van der Waals surface area contributed by atoms with Crippen molar-refractivity contribution in [3.8, 4) is 0 Å². The number of aryl methyl sites for hydroxylation is 1. The van der Waals surface area contributed by atoms with Crippen LogP contribution >= 0.6 is 11.3 Å². The maximum atomic E-state index is 12.5. The van der Waals surface area contributed by atoms with Crippen molar-refractivity contribution in [3.05, 3.63) is 43.3 Å². The highest BCUT2D eigenvalue weighted by Crippen LogP contribution is 2.25. The fourth-order valence-electron chi connectivity index (χ4n) is 3.06. The number of hydrogen-bond donors (Lipinski definition) is 2. The molecule has 0 saturated heterocycles. The molecule has 0 bridgehead atoms. The molecule has 0 fully saturated rings. The molecule has 1 atom stereocenters. The minimum Gasteiger partial charge on any atom is -0.595 e. The molecule has 1 aliphatic rings. The van der Waals surface area contributed by atoms with E-state index in [1.54, 1.807) is 18.3 Å². The minimum atomic E-state index is -1.21. The number of thiophene rings is 1. The summed E-state index contributed by atoms with van der Waals surface area (Å²) in [5.74, 6) is 0.858. The van der Waals surface area contributed by atoms with E-state index in [1.807, 2.05) is 11.8 Å². The topological polar surface area (TPSA) is 85.9 Å². The molecule has 0 aromatic carbocycles. The molecule has 8 heteroatoms. The van der Waals surface area contributed by atoms with Crippen molar-refractivity contribution >= 4 is 22.8 Å². The van der Waals surface area contributed by atoms with E-state index in [9.17, 15) is 15.2 Å². The van der Waals surface area contributed by atoms with Crippen LogP contribution in [0.15, 0.2) is 16.2 Å². The number of anilines is 1. The lowest BCUT2D eigenvalue weighted by molar-refractivity contribution is -0.991. The third kappa shape index (κ3) is 2.90. The van der Waals surface area contributed by atoms with Crippen molar-refractivity contribution in [2.45, 2.75) is 33.2 Å². The lowest BCUT2D eigenvalue weighted by atomic mass is 10.2. The summed E-state index contributed by atoms with van der Waals surface area (Å²) in [6.07, 6.45) is 1.69. The molecule has 0 aliphatic carbocycles. The van der Waals surface area contributed by atoms with Gasteiger partial charge in [0, 0.05) is 24.5 Å². The summed E-state index contributed by atoms with van der Waals surface area (Å²) >= 11 is 1.73. The van der Waals surface area contributed by atoms with Gasteiger partial charge < -0.3 is 10.1 Å². The molecule has 0 spiro atoms. The minimum absolute atomic E-state index is 0.220. The highest BCUT2D eigenvalue weighted by atomic mass is 32.1. The Morgan fingerprint density at radius 3 is 2.87 bits per heavy atom. The van der Waals surface area contributed by atoms with E-state index in [4.69, 9.17) is 0 Å². The van der Waals surface area contributed by atoms with Gasteiger partial charge in [-0.25, -0.2) is 10.2 Å². The maximum absolute atomic E-state index is 12.5. The fourth-order valence-corrected chi connectivity index (χ4v) is 3.99. The first-order valence-electron chi connectivity index (χ1n) is 7.67. The molecular formula is C15H20N4O3S. The zero-order valence-corrected chi connectivity index (χ0v) is 14.0. The molecule has 2 N–H and O–H groups in total. The normalized spacial score (nSPS) is 16.1. The van der Waals surface area contributed by atoms with Gasteiger partial charge in [-0.2, -0.15) is 5.23 Å². The Kier molecular flexibility index (Phi) is 4.49. The quantitative estimate of drug-likeness (QED) is 0.804. The molecule has 23 heavy (non-hydrogen) atoms. The zero-order chi connectivity index (χ0) is 16.6. The first-order chi connectivity index (χ1) is 11.0. The summed E-state index contributed by atoms with van der Waals surface area (Å²) in [6, 6.07) is 2.12. The Labute approximate surface area is 138 Å². The van der Waals surface area contributed by atoms with Gasteiger partial charge in [-0.3, -0.25) is 9.36 Å². The van der Waals surface area contributed by atoms with Crippen LogP contribution in [0.2, 0.25) is 0 Å². The maximum Gasteiger partial charge on any atom is 0.320 e.